The SMILES string of the molecule is C=CCC(C)c1ccc(NC(=O)N2CCC[C@@H]2C(=O)Nc2ccc(-c3ccc(C(=O)O)cc3)cc2)cc1. The normalized spacial score (nSPS) is 15.6. The first-order valence-electron chi connectivity index (χ1n) is 12.4. The first kappa shape index (κ1) is 25.7. The lowest BCUT2D eigenvalue weighted by Gasteiger charge is -2.24. The average molecular weight is 498 g/mol. The third-order valence-electron chi connectivity index (χ3n) is 6.69. The summed E-state index contributed by atoms with van der Waals surface area (Å²) < 4.78 is 0. The van der Waals surface area contributed by atoms with Gasteiger partial charge in [-0.1, -0.05) is 49.4 Å². The average Bonchev–Trinajstić information content (AvgIpc) is 3.40. The largest absolute Gasteiger partial charge is 0.478 e. The lowest BCUT2D eigenvalue weighted by Crippen LogP contribution is -2.45. The molecular weight excluding hydrogens is 466 g/mol. The van der Waals surface area contributed by atoms with Crippen LogP contribution in [0.25, 0.3) is 11.1 Å². The standard InChI is InChI=1S/C30H31N3O4/c1-3-5-20(2)21-11-15-26(16-12-21)32-30(37)33-19-4-6-27(33)28(34)31-25-17-13-23(14-18-25)22-7-9-24(10-8-22)29(35)36/h3,7-18,20,27H,1,4-6,19H2,2H3,(H,31,34)(H,32,37)(H,35,36)/t20?,27-/m1/s1. The monoisotopic (exact) mass is 497 g/mol. The van der Waals surface area contributed by atoms with Crippen molar-refractivity contribution in [1.29, 1.82) is 0 Å². The highest BCUT2D eigenvalue weighted by atomic mass is 16.4. The third kappa shape index (κ3) is 6.25. The summed E-state index contributed by atoms with van der Waals surface area (Å²) in [6, 6.07) is 20.9. The summed E-state index contributed by atoms with van der Waals surface area (Å²) >= 11 is 0. The smallest absolute Gasteiger partial charge is 0.335 e. The number of nitrogens with zero attached hydrogens (tertiary/aromatic N) is 1. The number of hydrogen-bond donors (Lipinski definition) is 3. The summed E-state index contributed by atoms with van der Waals surface area (Å²) in [6.45, 7) is 6.44. The maximum Gasteiger partial charge on any atom is 0.335 e. The molecule has 0 aliphatic carbocycles. The third-order valence-corrected chi connectivity index (χ3v) is 6.69. The predicted octanol–water partition coefficient (Wildman–Crippen LogP) is 6.37. The molecule has 0 saturated carbocycles. The zero-order chi connectivity index (χ0) is 26.4. The number of carbonyl (C=O) groups is 3. The fraction of sp³-hybridized carbons (Fsp3) is 0.233. The zero-order valence-corrected chi connectivity index (χ0v) is 20.8. The second-order valence-corrected chi connectivity index (χ2v) is 9.28. The van der Waals surface area contributed by atoms with Gasteiger partial charge in [-0.25, -0.2) is 9.59 Å². The number of carbonyl (C=O) groups excluding carboxylic acids is 2. The summed E-state index contributed by atoms with van der Waals surface area (Å²) in [5, 5.41) is 14.9. The molecule has 3 aromatic rings. The Balaban J connectivity index is 1.36. The molecule has 190 valence electrons. The van der Waals surface area contributed by atoms with Gasteiger partial charge in [0.25, 0.3) is 0 Å². The number of carboxylic acids is 1. The van der Waals surface area contributed by atoms with E-state index in [4.69, 9.17) is 5.11 Å². The van der Waals surface area contributed by atoms with Crippen LogP contribution >= 0.6 is 0 Å². The molecule has 1 aliphatic heterocycles. The van der Waals surface area contributed by atoms with E-state index in [9.17, 15) is 14.4 Å². The van der Waals surface area contributed by atoms with E-state index in [1.165, 1.54) is 5.56 Å². The molecule has 1 unspecified atom stereocenters. The highest BCUT2D eigenvalue weighted by Crippen LogP contribution is 2.25. The van der Waals surface area contributed by atoms with Crippen molar-refractivity contribution < 1.29 is 19.5 Å². The van der Waals surface area contributed by atoms with E-state index in [-0.39, 0.29) is 17.5 Å². The molecule has 7 heteroatoms. The van der Waals surface area contributed by atoms with Gasteiger partial charge in [-0.2, -0.15) is 0 Å². The van der Waals surface area contributed by atoms with Crippen LogP contribution in [0, 0.1) is 0 Å². The van der Waals surface area contributed by atoms with Crippen LogP contribution in [0.1, 0.15) is 48.0 Å². The van der Waals surface area contributed by atoms with Crippen molar-refractivity contribution in [3.05, 3.63) is 96.6 Å². The van der Waals surface area contributed by atoms with Crippen molar-refractivity contribution in [2.45, 2.75) is 38.1 Å². The molecule has 0 radical (unpaired) electrons. The van der Waals surface area contributed by atoms with Crippen molar-refractivity contribution >= 4 is 29.3 Å². The zero-order valence-electron chi connectivity index (χ0n) is 20.8. The summed E-state index contributed by atoms with van der Waals surface area (Å²) in [5.41, 5.74) is 4.52. The topological polar surface area (TPSA) is 98.7 Å². The fourth-order valence-electron chi connectivity index (χ4n) is 4.54. The molecule has 3 aromatic carbocycles. The maximum atomic E-state index is 13.0. The molecule has 3 N–H and O–H groups in total. The molecule has 0 bridgehead atoms. The summed E-state index contributed by atoms with van der Waals surface area (Å²) in [4.78, 5) is 38.6. The van der Waals surface area contributed by atoms with Crippen LogP contribution in [0.15, 0.2) is 85.5 Å². The molecule has 4 rings (SSSR count). The molecular formula is C30H31N3O4. The number of urea groups is 1. The van der Waals surface area contributed by atoms with Crippen molar-refractivity contribution in [3.8, 4) is 11.1 Å². The van der Waals surface area contributed by atoms with Gasteiger partial charge in [-0.15, -0.1) is 6.58 Å². The van der Waals surface area contributed by atoms with Gasteiger partial charge in [0, 0.05) is 17.9 Å². The molecule has 1 saturated heterocycles. The number of likely N-dealkylation sites (tertiary alicyclic amines) is 1. The van der Waals surface area contributed by atoms with Gasteiger partial charge >= 0.3 is 12.0 Å². The number of anilines is 2. The van der Waals surface area contributed by atoms with Gasteiger partial charge in [0.2, 0.25) is 5.91 Å². The van der Waals surface area contributed by atoms with Gasteiger partial charge in [0.05, 0.1) is 5.56 Å². The first-order chi connectivity index (χ1) is 17.9. The number of aromatic carboxylic acids is 1. The molecule has 0 spiro atoms. The van der Waals surface area contributed by atoms with E-state index in [1.807, 2.05) is 42.5 Å². The number of carboxylic acid groups (broad SMARTS) is 1. The molecule has 1 heterocycles. The molecule has 2 atom stereocenters. The number of nitrogens with one attached hydrogen (secondary N) is 2. The number of rotatable bonds is 8. The first-order valence-corrected chi connectivity index (χ1v) is 12.4. The number of amides is 3. The molecule has 0 aromatic heterocycles. The van der Waals surface area contributed by atoms with Crippen LogP contribution in [-0.2, 0) is 4.79 Å². The minimum atomic E-state index is -0.967. The quantitative estimate of drug-likeness (QED) is 0.315. The van der Waals surface area contributed by atoms with Gasteiger partial charge in [0.15, 0.2) is 0 Å². The Morgan fingerprint density at radius 2 is 1.51 bits per heavy atom. The van der Waals surface area contributed by atoms with E-state index in [1.54, 1.807) is 41.3 Å². The van der Waals surface area contributed by atoms with Crippen LogP contribution in [-0.4, -0.2) is 40.5 Å². The Bertz CT molecular complexity index is 1270. The van der Waals surface area contributed by atoms with Gasteiger partial charge in [-0.3, -0.25) is 4.79 Å². The van der Waals surface area contributed by atoms with Crippen LogP contribution in [0.3, 0.4) is 0 Å². The highest BCUT2D eigenvalue weighted by Gasteiger charge is 2.34. The van der Waals surface area contributed by atoms with Crippen molar-refractivity contribution in [1.82, 2.24) is 4.90 Å². The number of benzene rings is 3. The minimum Gasteiger partial charge on any atom is -0.478 e. The van der Waals surface area contributed by atoms with Crippen LogP contribution in [0.2, 0.25) is 0 Å². The van der Waals surface area contributed by atoms with Crippen LogP contribution in [0.4, 0.5) is 16.2 Å². The number of allylic oxidation sites excluding steroid dienone is 1. The summed E-state index contributed by atoms with van der Waals surface area (Å²) in [7, 11) is 0. The summed E-state index contributed by atoms with van der Waals surface area (Å²) in [5.74, 6) is -0.827. The Kier molecular flexibility index (Phi) is 8.03. The Morgan fingerprint density at radius 1 is 0.946 bits per heavy atom. The van der Waals surface area contributed by atoms with Gasteiger partial charge in [-0.05, 0) is 78.3 Å². The van der Waals surface area contributed by atoms with E-state index in [0.717, 1.165) is 24.0 Å². The minimum absolute atomic E-state index is 0.222. The van der Waals surface area contributed by atoms with Crippen LogP contribution < -0.4 is 10.6 Å². The highest BCUT2D eigenvalue weighted by molar-refractivity contribution is 5.99. The second-order valence-electron chi connectivity index (χ2n) is 9.28. The van der Waals surface area contributed by atoms with Crippen LogP contribution in [0.5, 0.6) is 0 Å². The fourth-order valence-corrected chi connectivity index (χ4v) is 4.54. The molecule has 3 amide bonds. The lowest BCUT2D eigenvalue weighted by atomic mass is 9.98. The molecule has 7 nitrogen and oxygen atoms in total. The summed E-state index contributed by atoms with van der Waals surface area (Å²) in [6.07, 6.45) is 4.15. The van der Waals surface area contributed by atoms with E-state index >= 15 is 0 Å². The Hall–Kier alpha value is -4.39. The Labute approximate surface area is 216 Å². The molecule has 1 aliphatic rings. The van der Waals surface area contributed by atoms with E-state index in [0.29, 0.717) is 30.3 Å². The molecule has 1 fully saturated rings. The van der Waals surface area contributed by atoms with Crippen molar-refractivity contribution in [3.63, 3.8) is 0 Å². The number of hydrogen-bond acceptors (Lipinski definition) is 3. The predicted molar refractivity (Wildman–Crippen MR) is 146 cm³/mol. The van der Waals surface area contributed by atoms with Crippen molar-refractivity contribution in [2.24, 2.45) is 0 Å². The maximum absolute atomic E-state index is 13.0. The Morgan fingerprint density at radius 3 is 2.11 bits per heavy atom. The second kappa shape index (κ2) is 11.6. The lowest BCUT2D eigenvalue weighted by molar-refractivity contribution is -0.119. The van der Waals surface area contributed by atoms with Gasteiger partial charge < -0.3 is 20.6 Å². The van der Waals surface area contributed by atoms with E-state index < -0.39 is 12.0 Å². The van der Waals surface area contributed by atoms with Crippen molar-refractivity contribution in [2.75, 3.05) is 17.2 Å². The molecule has 37 heavy (non-hydrogen) atoms. The van der Waals surface area contributed by atoms with E-state index in [2.05, 4.69) is 24.1 Å². The van der Waals surface area contributed by atoms with Gasteiger partial charge in [0.1, 0.15) is 6.04 Å².